The van der Waals surface area contributed by atoms with Gasteiger partial charge in [0.05, 0.1) is 23.5 Å². The van der Waals surface area contributed by atoms with Crippen LogP contribution in [-0.2, 0) is 9.53 Å². The topological polar surface area (TPSA) is 84.3 Å². The zero-order chi connectivity index (χ0) is 18.1. The minimum absolute atomic E-state index is 0.0591. The maximum Gasteiger partial charge on any atom is 0.277 e. The van der Waals surface area contributed by atoms with Crippen molar-refractivity contribution >= 4 is 28.6 Å². The fourth-order valence-corrected chi connectivity index (χ4v) is 3.89. The summed E-state index contributed by atoms with van der Waals surface area (Å²) in [5.74, 6) is 0.782. The summed E-state index contributed by atoms with van der Waals surface area (Å²) < 4.78 is 11.4. The molecule has 0 bridgehead atoms. The van der Waals surface area contributed by atoms with Crippen molar-refractivity contribution in [1.82, 2.24) is 20.1 Å². The summed E-state index contributed by atoms with van der Waals surface area (Å²) >= 11 is 1.27. The number of aromatic amines is 1. The summed E-state index contributed by atoms with van der Waals surface area (Å²) in [4.78, 5) is 17.5. The molecule has 0 unspecified atom stereocenters. The van der Waals surface area contributed by atoms with E-state index in [0.29, 0.717) is 24.2 Å². The van der Waals surface area contributed by atoms with Gasteiger partial charge in [0, 0.05) is 30.2 Å². The van der Waals surface area contributed by atoms with E-state index in [-0.39, 0.29) is 23.9 Å². The Bertz CT molecular complexity index is 912. The molecule has 1 aliphatic heterocycles. The standard InChI is InChI=1S/C18H20N4O3S/c1-11-8-22(9-12(2)24-11)16(23)10-26-18-21-20-17(25-18)14-7-19-15-6-4-3-5-13(14)15/h3-7,11-12,19H,8-10H2,1-2H3/t11-,12+. The van der Waals surface area contributed by atoms with Crippen molar-refractivity contribution in [3.63, 3.8) is 0 Å². The Balaban J connectivity index is 1.42. The van der Waals surface area contributed by atoms with Crippen LogP contribution >= 0.6 is 11.8 Å². The van der Waals surface area contributed by atoms with Gasteiger partial charge in [0.2, 0.25) is 5.91 Å². The Morgan fingerprint density at radius 3 is 2.85 bits per heavy atom. The molecule has 26 heavy (non-hydrogen) atoms. The molecule has 3 heterocycles. The number of fused-ring (bicyclic) bond motifs is 1. The molecular formula is C18H20N4O3S. The van der Waals surface area contributed by atoms with Gasteiger partial charge in [-0.3, -0.25) is 4.79 Å². The second kappa shape index (κ2) is 7.13. The molecule has 2 aromatic heterocycles. The average Bonchev–Trinajstić information content (AvgIpc) is 3.25. The molecule has 8 heteroatoms. The first-order valence-corrected chi connectivity index (χ1v) is 9.54. The van der Waals surface area contributed by atoms with Crippen molar-refractivity contribution in [3.8, 4) is 11.5 Å². The van der Waals surface area contributed by atoms with E-state index in [1.165, 1.54) is 11.8 Å². The van der Waals surface area contributed by atoms with Crippen molar-refractivity contribution < 1.29 is 13.9 Å². The molecular weight excluding hydrogens is 352 g/mol. The number of H-pyrrole nitrogens is 1. The van der Waals surface area contributed by atoms with Gasteiger partial charge in [0.15, 0.2) is 0 Å². The summed E-state index contributed by atoms with van der Waals surface area (Å²) in [6.45, 7) is 5.20. The van der Waals surface area contributed by atoms with Crippen molar-refractivity contribution in [3.05, 3.63) is 30.5 Å². The number of nitrogens with one attached hydrogen (secondary N) is 1. The van der Waals surface area contributed by atoms with Gasteiger partial charge in [-0.1, -0.05) is 30.0 Å². The monoisotopic (exact) mass is 372 g/mol. The van der Waals surface area contributed by atoms with E-state index < -0.39 is 0 Å². The van der Waals surface area contributed by atoms with Gasteiger partial charge >= 0.3 is 0 Å². The van der Waals surface area contributed by atoms with Crippen LogP contribution in [0.25, 0.3) is 22.4 Å². The first-order chi connectivity index (χ1) is 12.6. The molecule has 1 N–H and O–H groups in total. The highest BCUT2D eigenvalue weighted by Gasteiger charge is 2.26. The third-order valence-corrected chi connectivity index (χ3v) is 5.12. The van der Waals surface area contributed by atoms with Crippen molar-refractivity contribution in [2.75, 3.05) is 18.8 Å². The van der Waals surface area contributed by atoms with Gasteiger partial charge in [-0.25, -0.2) is 0 Å². The van der Waals surface area contributed by atoms with Crippen LogP contribution < -0.4 is 0 Å². The lowest BCUT2D eigenvalue weighted by atomic mass is 10.2. The number of para-hydroxylation sites is 1. The number of ether oxygens (including phenoxy) is 1. The number of amides is 1. The number of morpholine rings is 1. The van der Waals surface area contributed by atoms with Crippen LogP contribution in [-0.4, -0.2) is 57.0 Å². The fourth-order valence-electron chi connectivity index (χ4n) is 3.22. The molecule has 0 saturated carbocycles. The maximum absolute atomic E-state index is 12.4. The first kappa shape index (κ1) is 17.1. The Morgan fingerprint density at radius 1 is 1.27 bits per heavy atom. The number of hydrogen-bond donors (Lipinski definition) is 1. The number of benzene rings is 1. The number of carbonyl (C=O) groups is 1. The molecule has 1 amide bonds. The van der Waals surface area contributed by atoms with Gasteiger partial charge in [-0.2, -0.15) is 0 Å². The highest BCUT2D eigenvalue weighted by Crippen LogP contribution is 2.29. The molecule has 0 spiro atoms. The minimum atomic E-state index is 0.0591. The second-order valence-electron chi connectivity index (χ2n) is 6.47. The lowest BCUT2D eigenvalue weighted by molar-refractivity contribution is -0.140. The SMILES string of the molecule is C[C@@H]1CN(C(=O)CSc2nnc(-c3c[nH]c4ccccc34)o2)C[C@H](C)O1. The van der Waals surface area contributed by atoms with Crippen LogP contribution in [0.2, 0.25) is 0 Å². The van der Waals surface area contributed by atoms with Gasteiger partial charge in [-0.05, 0) is 19.9 Å². The summed E-state index contributed by atoms with van der Waals surface area (Å²) in [7, 11) is 0. The lowest BCUT2D eigenvalue weighted by Crippen LogP contribution is -2.48. The van der Waals surface area contributed by atoms with Gasteiger partial charge in [-0.15, -0.1) is 10.2 Å². The van der Waals surface area contributed by atoms with Crippen LogP contribution in [0.5, 0.6) is 0 Å². The fraction of sp³-hybridized carbons (Fsp3) is 0.389. The highest BCUT2D eigenvalue weighted by atomic mass is 32.2. The van der Waals surface area contributed by atoms with E-state index in [9.17, 15) is 4.79 Å². The summed E-state index contributed by atoms with van der Waals surface area (Å²) in [6.07, 6.45) is 1.98. The first-order valence-electron chi connectivity index (χ1n) is 8.56. The molecule has 2 atom stereocenters. The summed E-state index contributed by atoms with van der Waals surface area (Å²) in [5.41, 5.74) is 1.88. The zero-order valence-electron chi connectivity index (χ0n) is 14.6. The van der Waals surface area contributed by atoms with Crippen molar-refractivity contribution in [2.45, 2.75) is 31.3 Å². The largest absolute Gasteiger partial charge is 0.411 e. The molecule has 3 aromatic rings. The highest BCUT2D eigenvalue weighted by molar-refractivity contribution is 7.99. The minimum Gasteiger partial charge on any atom is -0.411 e. The number of rotatable bonds is 4. The van der Waals surface area contributed by atoms with Crippen LogP contribution in [0.4, 0.5) is 0 Å². The van der Waals surface area contributed by atoms with E-state index in [2.05, 4.69) is 15.2 Å². The number of aromatic nitrogens is 3. The lowest BCUT2D eigenvalue weighted by Gasteiger charge is -2.35. The Kier molecular flexibility index (Phi) is 4.69. The molecule has 1 aromatic carbocycles. The Morgan fingerprint density at radius 2 is 2.04 bits per heavy atom. The maximum atomic E-state index is 12.4. The third kappa shape index (κ3) is 3.47. The molecule has 1 saturated heterocycles. The Hall–Kier alpha value is -2.32. The van der Waals surface area contributed by atoms with E-state index in [0.717, 1.165) is 16.5 Å². The van der Waals surface area contributed by atoms with Crippen LogP contribution in [0.1, 0.15) is 13.8 Å². The normalized spacial score (nSPS) is 20.6. The number of hydrogen-bond acceptors (Lipinski definition) is 6. The zero-order valence-corrected chi connectivity index (χ0v) is 15.5. The predicted molar refractivity (Wildman–Crippen MR) is 98.9 cm³/mol. The quantitative estimate of drug-likeness (QED) is 0.709. The van der Waals surface area contributed by atoms with Crippen LogP contribution in [0.15, 0.2) is 40.1 Å². The number of thioether (sulfide) groups is 1. The molecule has 0 aliphatic carbocycles. The predicted octanol–water partition coefficient (Wildman–Crippen LogP) is 2.95. The van der Waals surface area contributed by atoms with Crippen molar-refractivity contribution in [2.24, 2.45) is 0 Å². The van der Waals surface area contributed by atoms with Gasteiger partial charge in [0.1, 0.15) is 0 Å². The van der Waals surface area contributed by atoms with Crippen LogP contribution in [0.3, 0.4) is 0 Å². The number of carbonyl (C=O) groups excluding carboxylic acids is 1. The second-order valence-corrected chi connectivity index (χ2v) is 7.39. The molecule has 136 valence electrons. The smallest absolute Gasteiger partial charge is 0.277 e. The number of nitrogens with zero attached hydrogens (tertiary/aromatic N) is 3. The molecule has 4 rings (SSSR count). The van der Waals surface area contributed by atoms with Crippen molar-refractivity contribution in [1.29, 1.82) is 0 Å². The van der Waals surface area contributed by atoms with Gasteiger partial charge < -0.3 is 19.0 Å². The summed E-state index contributed by atoms with van der Waals surface area (Å²) in [6, 6.07) is 7.93. The van der Waals surface area contributed by atoms with E-state index in [4.69, 9.17) is 9.15 Å². The molecule has 0 radical (unpaired) electrons. The average molecular weight is 372 g/mol. The molecule has 1 aliphatic rings. The molecule has 7 nitrogen and oxygen atoms in total. The summed E-state index contributed by atoms with van der Waals surface area (Å²) in [5, 5.41) is 9.61. The van der Waals surface area contributed by atoms with E-state index >= 15 is 0 Å². The van der Waals surface area contributed by atoms with E-state index in [1.807, 2.05) is 49.2 Å². The molecule has 1 fully saturated rings. The van der Waals surface area contributed by atoms with Crippen LogP contribution in [0, 0.1) is 0 Å². The van der Waals surface area contributed by atoms with Gasteiger partial charge in [0.25, 0.3) is 11.1 Å². The Labute approximate surface area is 155 Å². The van der Waals surface area contributed by atoms with E-state index in [1.54, 1.807) is 0 Å². The third-order valence-electron chi connectivity index (χ3n) is 4.32.